The molecule has 2 nitrogen and oxygen atoms in total. The van der Waals surface area contributed by atoms with Crippen molar-refractivity contribution in [2.24, 2.45) is 0 Å². The summed E-state index contributed by atoms with van der Waals surface area (Å²) in [4.78, 5) is 5.62. The van der Waals surface area contributed by atoms with Gasteiger partial charge in [-0.1, -0.05) is 23.7 Å². The number of alkyl halides is 1. The molecule has 1 aromatic carbocycles. The minimum absolute atomic E-state index is 0.241. The van der Waals surface area contributed by atoms with E-state index in [0.29, 0.717) is 5.88 Å². The Morgan fingerprint density at radius 1 is 1.37 bits per heavy atom. The summed E-state index contributed by atoms with van der Waals surface area (Å²) in [6.45, 7) is 0. The number of nitrogens with zero attached hydrogens (tertiary/aromatic N) is 2. The summed E-state index contributed by atoms with van der Waals surface area (Å²) in [6.07, 6.45) is 4.92. The Kier molecular flexibility index (Phi) is 3.78. The number of imidazole rings is 1. The first-order chi connectivity index (χ1) is 9.26. The van der Waals surface area contributed by atoms with E-state index in [0.717, 1.165) is 22.1 Å². The Labute approximate surface area is 125 Å². The highest BCUT2D eigenvalue weighted by Crippen LogP contribution is 2.25. The van der Waals surface area contributed by atoms with Crippen molar-refractivity contribution >= 4 is 39.5 Å². The summed E-state index contributed by atoms with van der Waals surface area (Å²) in [7, 11) is 0. The SMILES string of the molecule is ClCC(Cc1cn2ccsc2n1)c1cccc(Cl)c1. The first-order valence-corrected chi connectivity index (χ1v) is 7.78. The van der Waals surface area contributed by atoms with Crippen LogP contribution in [0.15, 0.2) is 42.0 Å². The smallest absolute Gasteiger partial charge is 0.193 e. The average molecular weight is 311 g/mol. The molecule has 0 amide bonds. The maximum atomic E-state index is 6.10. The highest BCUT2D eigenvalue weighted by Gasteiger charge is 2.14. The highest BCUT2D eigenvalue weighted by atomic mass is 35.5. The molecule has 0 bridgehead atoms. The molecule has 0 saturated carbocycles. The molecule has 3 aromatic rings. The van der Waals surface area contributed by atoms with E-state index in [1.807, 2.05) is 34.2 Å². The first kappa shape index (κ1) is 13.0. The van der Waals surface area contributed by atoms with Crippen molar-refractivity contribution in [1.29, 1.82) is 0 Å². The summed E-state index contributed by atoms with van der Waals surface area (Å²) in [6, 6.07) is 7.89. The molecule has 2 heterocycles. The van der Waals surface area contributed by atoms with E-state index in [9.17, 15) is 0 Å². The molecule has 98 valence electrons. The Bertz CT molecular complexity index is 661. The normalized spacial score (nSPS) is 12.9. The van der Waals surface area contributed by atoms with Gasteiger partial charge in [0.2, 0.25) is 0 Å². The van der Waals surface area contributed by atoms with Gasteiger partial charge in [-0.05, 0) is 24.1 Å². The molecular formula is C14H12Cl2N2S. The lowest BCUT2D eigenvalue weighted by molar-refractivity contribution is 0.752. The van der Waals surface area contributed by atoms with Crippen molar-refractivity contribution in [2.75, 3.05) is 5.88 Å². The maximum absolute atomic E-state index is 6.10. The Balaban J connectivity index is 1.85. The number of benzene rings is 1. The van der Waals surface area contributed by atoms with E-state index in [-0.39, 0.29) is 5.92 Å². The second-order valence-electron chi connectivity index (χ2n) is 4.44. The van der Waals surface area contributed by atoms with E-state index in [1.165, 1.54) is 5.56 Å². The van der Waals surface area contributed by atoms with Gasteiger partial charge in [-0.3, -0.25) is 4.40 Å². The van der Waals surface area contributed by atoms with Gasteiger partial charge in [0.25, 0.3) is 0 Å². The molecular weight excluding hydrogens is 299 g/mol. The zero-order chi connectivity index (χ0) is 13.2. The number of thiazole rings is 1. The minimum Gasteiger partial charge on any atom is -0.297 e. The van der Waals surface area contributed by atoms with Crippen LogP contribution in [0.2, 0.25) is 5.02 Å². The maximum Gasteiger partial charge on any atom is 0.193 e. The Hall–Kier alpha value is -1.03. The van der Waals surface area contributed by atoms with Gasteiger partial charge in [-0.25, -0.2) is 4.98 Å². The predicted octanol–water partition coefficient (Wildman–Crippen LogP) is 4.61. The van der Waals surface area contributed by atoms with Crippen molar-refractivity contribution in [2.45, 2.75) is 12.3 Å². The van der Waals surface area contributed by atoms with Gasteiger partial charge in [0, 0.05) is 34.6 Å². The summed E-state index contributed by atoms with van der Waals surface area (Å²) < 4.78 is 2.04. The molecule has 0 N–H and O–H groups in total. The van der Waals surface area contributed by atoms with Crippen LogP contribution in [0.3, 0.4) is 0 Å². The Morgan fingerprint density at radius 3 is 3.00 bits per heavy atom. The fraction of sp³-hybridized carbons (Fsp3) is 0.214. The lowest BCUT2D eigenvalue weighted by atomic mass is 9.96. The van der Waals surface area contributed by atoms with Crippen LogP contribution in [0.25, 0.3) is 4.96 Å². The van der Waals surface area contributed by atoms with Crippen molar-refractivity contribution in [1.82, 2.24) is 9.38 Å². The molecule has 0 aliphatic rings. The van der Waals surface area contributed by atoms with Crippen LogP contribution in [-0.2, 0) is 6.42 Å². The summed E-state index contributed by atoms with van der Waals surface area (Å²) in [5.41, 5.74) is 2.23. The molecule has 0 aliphatic carbocycles. The summed E-state index contributed by atoms with van der Waals surface area (Å²) >= 11 is 13.8. The van der Waals surface area contributed by atoms with Gasteiger partial charge in [0.1, 0.15) is 0 Å². The lowest BCUT2D eigenvalue weighted by Gasteiger charge is -2.13. The molecule has 0 saturated heterocycles. The van der Waals surface area contributed by atoms with Crippen LogP contribution in [-0.4, -0.2) is 15.3 Å². The van der Waals surface area contributed by atoms with Crippen LogP contribution < -0.4 is 0 Å². The number of hydrogen-bond donors (Lipinski definition) is 0. The standard InChI is InChI=1S/C14H12Cl2N2S/c15-8-11(10-2-1-3-12(16)6-10)7-13-9-18-4-5-19-14(18)17-13/h1-6,9,11H,7-8H2. The molecule has 0 spiro atoms. The molecule has 5 heteroatoms. The van der Waals surface area contributed by atoms with E-state index in [2.05, 4.69) is 17.2 Å². The van der Waals surface area contributed by atoms with Crippen molar-refractivity contribution < 1.29 is 0 Å². The number of aromatic nitrogens is 2. The third-order valence-corrected chi connectivity index (χ3v) is 4.48. The first-order valence-electron chi connectivity index (χ1n) is 5.99. The number of rotatable bonds is 4. The van der Waals surface area contributed by atoms with Crippen LogP contribution in [0.1, 0.15) is 17.2 Å². The second-order valence-corrected chi connectivity index (χ2v) is 6.05. The van der Waals surface area contributed by atoms with Gasteiger partial charge in [0.05, 0.1) is 5.69 Å². The quantitative estimate of drug-likeness (QED) is 0.643. The van der Waals surface area contributed by atoms with Gasteiger partial charge >= 0.3 is 0 Å². The topological polar surface area (TPSA) is 17.3 Å². The molecule has 0 aliphatic heterocycles. The largest absolute Gasteiger partial charge is 0.297 e. The fourth-order valence-corrected chi connectivity index (χ4v) is 3.35. The van der Waals surface area contributed by atoms with Gasteiger partial charge in [-0.15, -0.1) is 22.9 Å². The summed E-state index contributed by atoms with van der Waals surface area (Å²) in [5.74, 6) is 0.802. The van der Waals surface area contributed by atoms with E-state index >= 15 is 0 Å². The van der Waals surface area contributed by atoms with Crippen molar-refractivity contribution in [3.63, 3.8) is 0 Å². The second kappa shape index (κ2) is 5.53. The van der Waals surface area contributed by atoms with Crippen LogP contribution in [0.4, 0.5) is 0 Å². The third kappa shape index (κ3) is 2.78. The molecule has 3 rings (SSSR count). The zero-order valence-corrected chi connectivity index (χ0v) is 12.4. The fourth-order valence-electron chi connectivity index (χ4n) is 2.15. The molecule has 2 aromatic heterocycles. The van der Waals surface area contributed by atoms with Crippen LogP contribution in [0, 0.1) is 0 Å². The lowest BCUT2D eigenvalue weighted by Crippen LogP contribution is -2.05. The predicted molar refractivity (Wildman–Crippen MR) is 81.7 cm³/mol. The van der Waals surface area contributed by atoms with Gasteiger partial charge in [-0.2, -0.15) is 0 Å². The van der Waals surface area contributed by atoms with Gasteiger partial charge in [0.15, 0.2) is 4.96 Å². The van der Waals surface area contributed by atoms with Crippen molar-refractivity contribution in [3.05, 3.63) is 58.3 Å². The highest BCUT2D eigenvalue weighted by molar-refractivity contribution is 7.15. The molecule has 1 unspecified atom stereocenters. The number of fused-ring (bicyclic) bond motifs is 1. The van der Waals surface area contributed by atoms with E-state index in [1.54, 1.807) is 11.3 Å². The molecule has 0 radical (unpaired) electrons. The third-order valence-electron chi connectivity index (χ3n) is 3.11. The van der Waals surface area contributed by atoms with E-state index < -0.39 is 0 Å². The van der Waals surface area contributed by atoms with E-state index in [4.69, 9.17) is 23.2 Å². The zero-order valence-electron chi connectivity index (χ0n) is 10.1. The number of hydrogen-bond acceptors (Lipinski definition) is 2. The van der Waals surface area contributed by atoms with Gasteiger partial charge < -0.3 is 0 Å². The number of halogens is 2. The Morgan fingerprint density at radius 2 is 2.26 bits per heavy atom. The van der Waals surface area contributed by atoms with Crippen LogP contribution in [0.5, 0.6) is 0 Å². The average Bonchev–Trinajstić information content (AvgIpc) is 2.96. The molecule has 1 atom stereocenters. The van der Waals surface area contributed by atoms with Crippen molar-refractivity contribution in [3.8, 4) is 0 Å². The molecule has 19 heavy (non-hydrogen) atoms. The summed E-state index contributed by atoms with van der Waals surface area (Å²) in [5, 5.41) is 2.78. The monoisotopic (exact) mass is 310 g/mol. The van der Waals surface area contributed by atoms with Crippen LogP contribution >= 0.6 is 34.5 Å². The molecule has 0 fully saturated rings. The minimum atomic E-state index is 0.241.